The number of phenols is 1. The van der Waals surface area contributed by atoms with Gasteiger partial charge in [-0.3, -0.25) is 20.1 Å². The third-order valence-electron chi connectivity index (χ3n) is 3.41. The molecule has 2 aromatic carbocycles. The number of phenolic OH excluding ortho intramolecular Hbond substituents is 1. The van der Waals surface area contributed by atoms with Crippen molar-refractivity contribution in [3.8, 4) is 5.75 Å². The van der Waals surface area contributed by atoms with Gasteiger partial charge in [-0.1, -0.05) is 12.1 Å². The van der Waals surface area contributed by atoms with Crippen molar-refractivity contribution in [3.63, 3.8) is 0 Å². The van der Waals surface area contributed by atoms with Crippen LogP contribution in [-0.2, 0) is 0 Å². The van der Waals surface area contributed by atoms with Crippen molar-refractivity contribution < 1.29 is 10.0 Å². The summed E-state index contributed by atoms with van der Waals surface area (Å²) in [6.45, 7) is 1.93. The molecule has 0 amide bonds. The van der Waals surface area contributed by atoms with E-state index in [2.05, 4.69) is 9.98 Å². The zero-order valence-corrected chi connectivity index (χ0v) is 12.3. The van der Waals surface area contributed by atoms with Crippen LogP contribution in [-0.4, -0.2) is 21.2 Å². The van der Waals surface area contributed by atoms with Crippen LogP contribution in [0.1, 0.15) is 11.3 Å². The molecule has 1 N–H and O–H groups in total. The summed E-state index contributed by atoms with van der Waals surface area (Å²) in [6.07, 6.45) is 1.41. The van der Waals surface area contributed by atoms with Crippen LogP contribution in [0.2, 0.25) is 0 Å². The molecule has 114 valence electrons. The zero-order valence-electron chi connectivity index (χ0n) is 12.3. The van der Waals surface area contributed by atoms with E-state index >= 15 is 0 Å². The molecular weight excluding hydrogens is 294 g/mol. The SMILES string of the molecule is Cc1ccc2cc(N=Cc3cccc([N+](=O)[O-])c3O)ccc2n1. The first-order valence-corrected chi connectivity index (χ1v) is 6.92. The average Bonchev–Trinajstić information content (AvgIpc) is 2.53. The second-order valence-corrected chi connectivity index (χ2v) is 5.06. The highest BCUT2D eigenvalue weighted by Gasteiger charge is 2.14. The number of hydrogen-bond donors (Lipinski definition) is 1. The first-order chi connectivity index (χ1) is 11.0. The van der Waals surface area contributed by atoms with Crippen molar-refractivity contribution in [1.29, 1.82) is 0 Å². The van der Waals surface area contributed by atoms with Crippen LogP contribution in [0.4, 0.5) is 11.4 Å². The number of nitro groups is 1. The number of aliphatic imine (C=N–C) groups is 1. The summed E-state index contributed by atoms with van der Waals surface area (Å²) in [5, 5.41) is 21.7. The lowest BCUT2D eigenvalue weighted by atomic mass is 10.1. The number of aryl methyl sites for hydroxylation is 1. The molecule has 1 heterocycles. The number of aromatic nitrogens is 1. The van der Waals surface area contributed by atoms with Crippen LogP contribution < -0.4 is 0 Å². The molecule has 0 aliphatic heterocycles. The normalized spacial score (nSPS) is 11.2. The van der Waals surface area contributed by atoms with Gasteiger partial charge in [-0.15, -0.1) is 0 Å². The Labute approximate surface area is 131 Å². The molecule has 0 radical (unpaired) electrons. The maximum absolute atomic E-state index is 10.8. The molecule has 3 rings (SSSR count). The van der Waals surface area contributed by atoms with Gasteiger partial charge in [-0.05, 0) is 37.3 Å². The van der Waals surface area contributed by atoms with Crippen LogP contribution in [0.25, 0.3) is 10.9 Å². The molecule has 6 nitrogen and oxygen atoms in total. The van der Waals surface area contributed by atoms with Gasteiger partial charge in [0.15, 0.2) is 0 Å². The average molecular weight is 307 g/mol. The van der Waals surface area contributed by atoms with Crippen LogP contribution in [0.15, 0.2) is 53.5 Å². The predicted octanol–water partition coefficient (Wildman–Crippen LogP) is 3.91. The maximum atomic E-state index is 10.8. The molecule has 0 saturated carbocycles. The van der Waals surface area contributed by atoms with Crippen LogP contribution >= 0.6 is 0 Å². The van der Waals surface area contributed by atoms with Crippen molar-refractivity contribution in [3.05, 3.63) is 69.9 Å². The lowest BCUT2D eigenvalue weighted by Gasteiger charge is -2.01. The number of aromatic hydroxyl groups is 1. The number of para-hydroxylation sites is 1. The largest absolute Gasteiger partial charge is 0.502 e. The number of nitrogens with zero attached hydrogens (tertiary/aromatic N) is 3. The molecule has 0 spiro atoms. The van der Waals surface area contributed by atoms with Crippen molar-refractivity contribution >= 4 is 28.5 Å². The van der Waals surface area contributed by atoms with Crippen molar-refractivity contribution in [2.75, 3.05) is 0 Å². The minimum absolute atomic E-state index is 0.293. The first kappa shape index (κ1) is 14.6. The number of rotatable bonds is 3. The Bertz CT molecular complexity index is 936. The number of benzene rings is 2. The predicted molar refractivity (Wildman–Crippen MR) is 88.5 cm³/mol. The minimum atomic E-state index is -0.628. The Hall–Kier alpha value is -3.28. The highest BCUT2D eigenvalue weighted by atomic mass is 16.6. The lowest BCUT2D eigenvalue weighted by molar-refractivity contribution is -0.385. The molecular formula is C17H13N3O3. The highest BCUT2D eigenvalue weighted by molar-refractivity contribution is 5.89. The first-order valence-electron chi connectivity index (χ1n) is 6.92. The van der Waals surface area contributed by atoms with Crippen molar-refractivity contribution in [2.24, 2.45) is 4.99 Å². The summed E-state index contributed by atoms with van der Waals surface area (Å²) in [6, 6.07) is 13.7. The van der Waals surface area contributed by atoms with E-state index in [1.165, 1.54) is 18.3 Å². The van der Waals surface area contributed by atoms with Crippen LogP contribution in [0.5, 0.6) is 5.75 Å². The fraction of sp³-hybridized carbons (Fsp3) is 0.0588. The van der Waals surface area contributed by atoms with Crippen LogP contribution in [0.3, 0.4) is 0 Å². The smallest absolute Gasteiger partial charge is 0.311 e. The summed E-state index contributed by atoms with van der Waals surface area (Å²) in [4.78, 5) is 18.9. The van der Waals surface area contributed by atoms with E-state index in [0.717, 1.165) is 16.6 Å². The second-order valence-electron chi connectivity index (χ2n) is 5.06. The fourth-order valence-electron chi connectivity index (χ4n) is 2.24. The van der Waals surface area contributed by atoms with E-state index in [-0.39, 0.29) is 11.4 Å². The molecule has 0 aliphatic rings. The van der Waals surface area contributed by atoms with Gasteiger partial charge in [0.05, 0.1) is 16.1 Å². The summed E-state index contributed by atoms with van der Waals surface area (Å²) in [7, 11) is 0. The van der Waals surface area contributed by atoms with E-state index < -0.39 is 4.92 Å². The highest BCUT2D eigenvalue weighted by Crippen LogP contribution is 2.28. The fourth-order valence-corrected chi connectivity index (χ4v) is 2.24. The number of pyridine rings is 1. The van der Waals surface area contributed by atoms with Crippen LogP contribution in [0, 0.1) is 17.0 Å². The Morgan fingerprint density at radius 3 is 2.83 bits per heavy atom. The summed E-state index contributed by atoms with van der Waals surface area (Å²) in [5.74, 6) is -0.390. The monoisotopic (exact) mass is 307 g/mol. The van der Waals surface area contributed by atoms with Gasteiger partial charge in [0.25, 0.3) is 0 Å². The molecule has 0 saturated heterocycles. The van der Waals surface area contributed by atoms with Gasteiger partial charge >= 0.3 is 5.69 Å². The van der Waals surface area contributed by atoms with E-state index in [0.29, 0.717) is 11.3 Å². The summed E-state index contributed by atoms with van der Waals surface area (Å²) in [5.41, 5.74) is 2.44. The summed E-state index contributed by atoms with van der Waals surface area (Å²) >= 11 is 0. The van der Waals surface area contributed by atoms with Gasteiger partial charge in [0.1, 0.15) is 0 Å². The molecule has 23 heavy (non-hydrogen) atoms. The second kappa shape index (κ2) is 5.84. The Morgan fingerprint density at radius 1 is 1.22 bits per heavy atom. The van der Waals surface area contributed by atoms with E-state index in [9.17, 15) is 15.2 Å². The third kappa shape index (κ3) is 3.01. The Balaban J connectivity index is 1.95. The Kier molecular flexibility index (Phi) is 3.72. The van der Waals surface area contributed by atoms with Gasteiger partial charge in [-0.25, -0.2) is 0 Å². The number of nitro benzene ring substituents is 1. The van der Waals surface area contributed by atoms with Crippen molar-refractivity contribution in [1.82, 2.24) is 4.98 Å². The number of fused-ring (bicyclic) bond motifs is 1. The van der Waals surface area contributed by atoms with Gasteiger partial charge in [-0.2, -0.15) is 0 Å². The van der Waals surface area contributed by atoms with Crippen molar-refractivity contribution in [2.45, 2.75) is 6.92 Å². The van der Waals surface area contributed by atoms with Gasteiger partial charge in [0, 0.05) is 28.9 Å². The summed E-state index contributed by atoms with van der Waals surface area (Å²) < 4.78 is 0. The van der Waals surface area contributed by atoms with E-state index in [1.54, 1.807) is 12.1 Å². The Morgan fingerprint density at radius 2 is 2.04 bits per heavy atom. The zero-order chi connectivity index (χ0) is 16.4. The molecule has 6 heteroatoms. The third-order valence-corrected chi connectivity index (χ3v) is 3.41. The number of hydrogen-bond acceptors (Lipinski definition) is 5. The molecule has 3 aromatic rings. The van der Waals surface area contributed by atoms with E-state index in [4.69, 9.17) is 0 Å². The molecule has 0 aliphatic carbocycles. The molecule has 0 unspecified atom stereocenters. The van der Waals surface area contributed by atoms with E-state index in [1.807, 2.05) is 31.2 Å². The molecule has 1 aromatic heterocycles. The minimum Gasteiger partial charge on any atom is -0.502 e. The van der Waals surface area contributed by atoms with Gasteiger partial charge in [0.2, 0.25) is 5.75 Å². The van der Waals surface area contributed by atoms with Gasteiger partial charge < -0.3 is 5.11 Å². The molecule has 0 atom stereocenters. The quantitative estimate of drug-likeness (QED) is 0.451. The molecule has 0 fully saturated rings. The standard InChI is InChI=1S/C17H13N3O3/c1-11-5-6-12-9-14(7-8-15(12)19-11)18-10-13-3-2-4-16(17(13)21)20(22)23/h2-10,21H,1H3. The lowest BCUT2D eigenvalue weighted by Crippen LogP contribution is -1.91. The maximum Gasteiger partial charge on any atom is 0.311 e. The molecule has 0 bridgehead atoms. The topological polar surface area (TPSA) is 88.6 Å².